The highest BCUT2D eigenvalue weighted by atomic mass is 15.1. The molecular formula is C14H30N2. The molecule has 0 aromatic heterocycles. The Labute approximate surface area is 102 Å². The van der Waals surface area contributed by atoms with E-state index in [2.05, 4.69) is 18.7 Å². The Balaban J connectivity index is 2.08. The van der Waals surface area contributed by atoms with Gasteiger partial charge in [0.15, 0.2) is 0 Å². The highest BCUT2D eigenvalue weighted by molar-refractivity contribution is 4.72. The van der Waals surface area contributed by atoms with Crippen molar-refractivity contribution in [1.82, 2.24) is 4.90 Å². The van der Waals surface area contributed by atoms with Crippen molar-refractivity contribution < 1.29 is 0 Å². The van der Waals surface area contributed by atoms with E-state index < -0.39 is 0 Å². The van der Waals surface area contributed by atoms with Crippen LogP contribution in [-0.4, -0.2) is 31.1 Å². The topological polar surface area (TPSA) is 29.3 Å². The molecule has 0 saturated carbocycles. The first-order valence-corrected chi connectivity index (χ1v) is 7.18. The summed E-state index contributed by atoms with van der Waals surface area (Å²) in [6.07, 6.45) is 8.13. The second kappa shape index (κ2) is 8.08. The second-order valence-electron chi connectivity index (χ2n) is 5.54. The van der Waals surface area contributed by atoms with E-state index in [9.17, 15) is 0 Å². The number of piperidine rings is 1. The molecule has 0 aromatic rings. The van der Waals surface area contributed by atoms with Gasteiger partial charge in [-0.25, -0.2) is 0 Å². The molecular weight excluding hydrogens is 196 g/mol. The van der Waals surface area contributed by atoms with Gasteiger partial charge in [-0.15, -0.1) is 0 Å². The summed E-state index contributed by atoms with van der Waals surface area (Å²) >= 11 is 0. The first-order valence-electron chi connectivity index (χ1n) is 7.18. The molecule has 1 fully saturated rings. The Hall–Kier alpha value is -0.0800. The Morgan fingerprint density at radius 1 is 1.38 bits per heavy atom. The van der Waals surface area contributed by atoms with Crippen molar-refractivity contribution in [3.05, 3.63) is 0 Å². The Morgan fingerprint density at radius 3 is 2.88 bits per heavy atom. The zero-order valence-corrected chi connectivity index (χ0v) is 11.3. The number of hydrogen-bond donors (Lipinski definition) is 1. The summed E-state index contributed by atoms with van der Waals surface area (Å²) in [4.78, 5) is 2.67. The summed E-state index contributed by atoms with van der Waals surface area (Å²) in [5.41, 5.74) is 5.57. The molecule has 0 amide bonds. The minimum Gasteiger partial charge on any atom is -0.330 e. The van der Waals surface area contributed by atoms with Gasteiger partial charge in [-0.1, -0.05) is 20.3 Å². The van der Waals surface area contributed by atoms with E-state index in [-0.39, 0.29) is 0 Å². The van der Waals surface area contributed by atoms with Gasteiger partial charge in [-0.05, 0) is 63.6 Å². The van der Waals surface area contributed by atoms with Crippen molar-refractivity contribution in [2.45, 2.75) is 52.4 Å². The van der Waals surface area contributed by atoms with Gasteiger partial charge in [0.1, 0.15) is 0 Å². The van der Waals surface area contributed by atoms with E-state index in [1.807, 2.05) is 0 Å². The molecule has 2 N–H and O–H groups in total. The summed E-state index contributed by atoms with van der Waals surface area (Å²) in [7, 11) is 0. The smallest absolute Gasteiger partial charge is 0.000956 e. The molecule has 1 aliphatic heterocycles. The van der Waals surface area contributed by atoms with E-state index in [1.165, 1.54) is 58.2 Å². The van der Waals surface area contributed by atoms with Crippen molar-refractivity contribution in [1.29, 1.82) is 0 Å². The SMILES string of the molecule is CCC1CCCN(CCCC(C)CCN)C1. The fraction of sp³-hybridized carbons (Fsp3) is 1.00. The average Bonchev–Trinajstić information content (AvgIpc) is 2.30. The standard InChI is InChI=1S/C14H30N2/c1-3-14-7-5-11-16(12-14)10-4-6-13(2)8-9-15/h13-14H,3-12,15H2,1-2H3. The number of likely N-dealkylation sites (tertiary alicyclic amines) is 1. The summed E-state index contributed by atoms with van der Waals surface area (Å²) in [5.74, 6) is 1.78. The van der Waals surface area contributed by atoms with Crippen LogP contribution >= 0.6 is 0 Å². The molecule has 0 aliphatic carbocycles. The fourth-order valence-corrected chi connectivity index (χ4v) is 2.78. The zero-order valence-electron chi connectivity index (χ0n) is 11.3. The lowest BCUT2D eigenvalue weighted by molar-refractivity contribution is 0.167. The van der Waals surface area contributed by atoms with E-state index in [1.54, 1.807) is 0 Å². The van der Waals surface area contributed by atoms with Gasteiger partial charge in [-0.2, -0.15) is 0 Å². The van der Waals surface area contributed by atoms with E-state index in [0.29, 0.717) is 0 Å². The number of rotatable bonds is 7. The van der Waals surface area contributed by atoms with E-state index in [4.69, 9.17) is 5.73 Å². The monoisotopic (exact) mass is 226 g/mol. The third-order valence-electron chi connectivity index (χ3n) is 4.01. The molecule has 0 radical (unpaired) electrons. The molecule has 1 rings (SSSR count). The van der Waals surface area contributed by atoms with Crippen molar-refractivity contribution >= 4 is 0 Å². The molecule has 2 unspecified atom stereocenters. The molecule has 1 aliphatic rings. The van der Waals surface area contributed by atoms with Gasteiger partial charge < -0.3 is 10.6 Å². The summed E-state index contributed by atoms with van der Waals surface area (Å²) < 4.78 is 0. The second-order valence-corrected chi connectivity index (χ2v) is 5.54. The highest BCUT2D eigenvalue weighted by Crippen LogP contribution is 2.20. The lowest BCUT2D eigenvalue weighted by Crippen LogP contribution is -2.35. The van der Waals surface area contributed by atoms with Crippen LogP contribution in [0.3, 0.4) is 0 Å². The molecule has 0 bridgehead atoms. The van der Waals surface area contributed by atoms with Crippen LogP contribution in [-0.2, 0) is 0 Å². The van der Waals surface area contributed by atoms with Crippen LogP contribution in [0, 0.1) is 11.8 Å². The van der Waals surface area contributed by atoms with Crippen LogP contribution in [0.1, 0.15) is 52.4 Å². The number of hydrogen-bond acceptors (Lipinski definition) is 2. The molecule has 0 aromatic carbocycles. The molecule has 0 spiro atoms. The van der Waals surface area contributed by atoms with Gasteiger partial charge in [0.25, 0.3) is 0 Å². The van der Waals surface area contributed by atoms with Crippen molar-refractivity contribution in [3.8, 4) is 0 Å². The molecule has 2 atom stereocenters. The van der Waals surface area contributed by atoms with Crippen LogP contribution in [0.4, 0.5) is 0 Å². The van der Waals surface area contributed by atoms with Crippen LogP contribution in [0.15, 0.2) is 0 Å². The molecule has 1 saturated heterocycles. The van der Waals surface area contributed by atoms with Crippen LogP contribution in [0.5, 0.6) is 0 Å². The highest BCUT2D eigenvalue weighted by Gasteiger charge is 2.17. The Bertz CT molecular complexity index is 170. The van der Waals surface area contributed by atoms with Crippen LogP contribution in [0.25, 0.3) is 0 Å². The quantitative estimate of drug-likeness (QED) is 0.723. The third-order valence-corrected chi connectivity index (χ3v) is 4.01. The minimum atomic E-state index is 0.816. The number of nitrogens with two attached hydrogens (primary N) is 1. The van der Waals surface area contributed by atoms with Crippen LogP contribution in [0.2, 0.25) is 0 Å². The maximum Gasteiger partial charge on any atom is 0.000956 e. The largest absolute Gasteiger partial charge is 0.330 e. The van der Waals surface area contributed by atoms with Crippen LogP contribution < -0.4 is 5.73 Å². The van der Waals surface area contributed by atoms with Gasteiger partial charge in [0.05, 0.1) is 0 Å². The lowest BCUT2D eigenvalue weighted by Gasteiger charge is -2.32. The lowest BCUT2D eigenvalue weighted by atomic mass is 9.95. The van der Waals surface area contributed by atoms with E-state index in [0.717, 1.165) is 18.4 Å². The van der Waals surface area contributed by atoms with Gasteiger partial charge in [0.2, 0.25) is 0 Å². The zero-order chi connectivity index (χ0) is 11.8. The molecule has 2 heteroatoms. The summed E-state index contributed by atoms with van der Waals surface area (Å²) in [6.45, 7) is 9.51. The maximum absolute atomic E-state index is 5.57. The molecule has 16 heavy (non-hydrogen) atoms. The molecule has 2 nitrogen and oxygen atoms in total. The minimum absolute atomic E-state index is 0.816. The maximum atomic E-state index is 5.57. The first-order chi connectivity index (χ1) is 7.76. The number of nitrogens with zero attached hydrogens (tertiary/aromatic N) is 1. The molecule has 1 heterocycles. The average molecular weight is 226 g/mol. The molecule has 96 valence electrons. The summed E-state index contributed by atoms with van der Waals surface area (Å²) in [5, 5.41) is 0. The predicted octanol–water partition coefficient (Wildman–Crippen LogP) is 2.87. The van der Waals surface area contributed by atoms with Crippen molar-refractivity contribution in [2.75, 3.05) is 26.2 Å². The van der Waals surface area contributed by atoms with Crippen molar-refractivity contribution in [3.63, 3.8) is 0 Å². The Kier molecular flexibility index (Phi) is 7.06. The normalized spacial score (nSPS) is 24.6. The van der Waals surface area contributed by atoms with Gasteiger partial charge >= 0.3 is 0 Å². The summed E-state index contributed by atoms with van der Waals surface area (Å²) in [6, 6.07) is 0. The predicted molar refractivity (Wildman–Crippen MR) is 71.5 cm³/mol. The Morgan fingerprint density at radius 2 is 2.19 bits per heavy atom. The van der Waals surface area contributed by atoms with Crippen molar-refractivity contribution in [2.24, 2.45) is 17.6 Å². The van der Waals surface area contributed by atoms with Gasteiger partial charge in [-0.3, -0.25) is 0 Å². The van der Waals surface area contributed by atoms with E-state index >= 15 is 0 Å². The first kappa shape index (κ1) is 14.0. The van der Waals surface area contributed by atoms with Gasteiger partial charge in [0, 0.05) is 6.54 Å². The third kappa shape index (κ3) is 5.31. The fourth-order valence-electron chi connectivity index (χ4n) is 2.78.